The van der Waals surface area contributed by atoms with Crippen molar-refractivity contribution in [3.05, 3.63) is 119 Å². The van der Waals surface area contributed by atoms with E-state index in [1.54, 1.807) is 0 Å². The smallest absolute Gasteiger partial charge is 0.275 e. The van der Waals surface area contributed by atoms with E-state index in [2.05, 4.69) is 21.7 Å². The largest absolute Gasteiger partial charge is 0.489 e. The number of ether oxygens (including phenoxy) is 1. The van der Waals surface area contributed by atoms with Gasteiger partial charge in [-0.05, 0) is 42.3 Å². The second-order valence-corrected chi connectivity index (χ2v) is 9.31. The minimum Gasteiger partial charge on any atom is -0.489 e. The Labute approximate surface area is 220 Å². The predicted molar refractivity (Wildman–Crippen MR) is 153 cm³/mol. The zero-order valence-electron chi connectivity index (χ0n) is 20.9. The van der Waals surface area contributed by atoms with Gasteiger partial charge in [-0.1, -0.05) is 72.8 Å². The van der Waals surface area contributed by atoms with Crippen LogP contribution in [0.25, 0.3) is 44.3 Å². The lowest BCUT2D eigenvalue weighted by atomic mass is 10.0. The number of nitrogens with zero attached hydrogens (tertiary/aromatic N) is 2. The van der Waals surface area contributed by atoms with Crippen LogP contribution in [0.4, 0.5) is 0 Å². The van der Waals surface area contributed by atoms with Gasteiger partial charge in [-0.15, -0.1) is 0 Å². The molecular weight excluding hydrogens is 472 g/mol. The van der Waals surface area contributed by atoms with E-state index in [0.717, 1.165) is 57.4 Å². The number of aryl methyl sites for hydroxylation is 1. The lowest BCUT2D eigenvalue weighted by Crippen LogP contribution is -2.11. The molecule has 38 heavy (non-hydrogen) atoms. The van der Waals surface area contributed by atoms with Crippen LogP contribution in [0.15, 0.2) is 108 Å². The van der Waals surface area contributed by atoms with Crippen LogP contribution < -0.4 is 16.0 Å². The van der Waals surface area contributed by atoms with Crippen molar-refractivity contribution in [1.29, 1.82) is 0 Å². The Morgan fingerprint density at radius 2 is 1.66 bits per heavy atom. The fraction of sp³-hybridized carbons (Fsp3) is 0.125. The molecule has 0 amide bonds. The summed E-state index contributed by atoms with van der Waals surface area (Å²) in [6, 6.07) is 32.0. The normalized spacial score (nSPS) is 11.3. The third-order valence-corrected chi connectivity index (χ3v) is 6.77. The first-order valence-corrected chi connectivity index (χ1v) is 12.8. The standard InChI is InChI=1S/C32H28N4O2/c33-17-8-18-36-20-27(26-16-15-24(19-29(26)36)38-21-22-9-3-1-4-10-22)31-32(37)34-28-14-7-13-25(30(28)35-31)23-11-5-2-6-12-23/h1-7,9-16,19-20H,8,17-18,21,33H2,(H,34,37). The summed E-state index contributed by atoms with van der Waals surface area (Å²) in [5.74, 6) is 0.770. The molecule has 188 valence electrons. The Morgan fingerprint density at radius 3 is 2.45 bits per heavy atom. The van der Waals surface area contributed by atoms with Crippen LogP contribution in [-0.2, 0) is 13.2 Å². The molecule has 3 N–H and O–H groups in total. The van der Waals surface area contributed by atoms with E-state index in [1.165, 1.54) is 0 Å². The molecule has 0 saturated carbocycles. The van der Waals surface area contributed by atoms with Gasteiger partial charge in [0.1, 0.15) is 18.1 Å². The Bertz CT molecular complexity index is 1770. The monoisotopic (exact) mass is 500 g/mol. The molecule has 0 bridgehead atoms. The van der Waals surface area contributed by atoms with E-state index in [9.17, 15) is 4.79 Å². The van der Waals surface area contributed by atoms with Gasteiger partial charge in [0.05, 0.1) is 16.6 Å². The lowest BCUT2D eigenvalue weighted by molar-refractivity contribution is 0.306. The fourth-order valence-corrected chi connectivity index (χ4v) is 4.88. The van der Waals surface area contributed by atoms with Crippen molar-refractivity contribution < 1.29 is 4.74 Å². The number of para-hydroxylation sites is 1. The van der Waals surface area contributed by atoms with Crippen LogP contribution in [0, 0.1) is 0 Å². The number of nitrogens with two attached hydrogens (primary N) is 1. The Morgan fingerprint density at radius 1 is 0.868 bits per heavy atom. The lowest BCUT2D eigenvalue weighted by Gasteiger charge is -2.09. The molecule has 0 spiro atoms. The molecule has 0 saturated heterocycles. The van der Waals surface area contributed by atoms with Crippen molar-refractivity contribution in [2.45, 2.75) is 19.6 Å². The first-order chi connectivity index (χ1) is 18.7. The molecule has 0 aliphatic rings. The molecule has 6 heteroatoms. The van der Waals surface area contributed by atoms with Gasteiger partial charge < -0.3 is 20.0 Å². The van der Waals surface area contributed by atoms with E-state index < -0.39 is 0 Å². The minimum atomic E-state index is -0.218. The van der Waals surface area contributed by atoms with E-state index in [0.29, 0.717) is 24.4 Å². The number of rotatable bonds is 8. The topological polar surface area (TPSA) is 85.9 Å². The van der Waals surface area contributed by atoms with Crippen LogP contribution in [0.3, 0.4) is 0 Å². The molecule has 0 fully saturated rings. The number of H-pyrrole nitrogens is 1. The summed E-state index contributed by atoms with van der Waals surface area (Å²) in [6.45, 7) is 1.79. The highest BCUT2D eigenvalue weighted by Gasteiger charge is 2.17. The van der Waals surface area contributed by atoms with E-state index in [-0.39, 0.29) is 5.56 Å². The number of aromatic amines is 1. The van der Waals surface area contributed by atoms with Crippen LogP contribution in [0.2, 0.25) is 0 Å². The van der Waals surface area contributed by atoms with Crippen molar-refractivity contribution >= 4 is 21.9 Å². The van der Waals surface area contributed by atoms with Crippen molar-refractivity contribution in [1.82, 2.24) is 14.5 Å². The van der Waals surface area contributed by atoms with Crippen molar-refractivity contribution in [2.75, 3.05) is 6.54 Å². The van der Waals surface area contributed by atoms with E-state index in [4.69, 9.17) is 15.5 Å². The summed E-state index contributed by atoms with van der Waals surface area (Å²) in [5, 5.41) is 0.948. The second-order valence-electron chi connectivity index (χ2n) is 9.31. The number of benzene rings is 4. The molecule has 2 aromatic heterocycles. The average Bonchev–Trinajstić information content (AvgIpc) is 3.32. The summed E-state index contributed by atoms with van der Waals surface area (Å²) in [4.78, 5) is 21.3. The molecule has 6 rings (SSSR count). The number of hydrogen-bond donors (Lipinski definition) is 2. The van der Waals surface area contributed by atoms with Gasteiger partial charge in [0.25, 0.3) is 5.56 Å². The highest BCUT2D eigenvalue weighted by atomic mass is 16.5. The molecule has 0 aliphatic heterocycles. The molecular formula is C32H28N4O2. The first kappa shape index (κ1) is 23.7. The Kier molecular flexibility index (Phi) is 6.46. The quantitative estimate of drug-likeness (QED) is 0.263. The summed E-state index contributed by atoms with van der Waals surface area (Å²) < 4.78 is 8.24. The van der Waals surface area contributed by atoms with Gasteiger partial charge >= 0.3 is 0 Å². The summed E-state index contributed by atoms with van der Waals surface area (Å²) in [7, 11) is 0. The molecule has 6 nitrogen and oxygen atoms in total. The molecule has 2 heterocycles. The number of aromatic nitrogens is 3. The van der Waals surface area contributed by atoms with Gasteiger partial charge in [-0.2, -0.15) is 0 Å². The summed E-state index contributed by atoms with van der Waals surface area (Å²) in [6.07, 6.45) is 2.83. The summed E-state index contributed by atoms with van der Waals surface area (Å²) in [5.41, 5.74) is 12.4. The van der Waals surface area contributed by atoms with Gasteiger partial charge in [-0.3, -0.25) is 4.79 Å². The van der Waals surface area contributed by atoms with Gasteiger partial charge in [0.2, 0.25) is 0 Å². The van der Waals surface area contributed by atoms with Crippen molar-refractivity contribution in [2.24, 2.45) is 5.73 Å². The first-order valence-electron chi connectivity index (χ1n) is 12.8. The number of fused-ring (bicyclic) bond motifs is 2. The third-order valence-electron chi connectivity index (χ3n) is 6.77. The van der Waals surface area contributed by atoms with Crippen LogP contribution in [0.5, 0.6) is 5.75 Å². The molecule has 0 atom stereocenters. The van der Waals surface area contributed by atoms with Gasteiger partial charge in [0, 0.05) is 35.3 Å². The molecule has 6 aromatic rings. The zero-order valence-corrected chi connectivity index (χ0v) is 20.9. The van der Waals surface area contributed by atoms with Crippen LogP contribution in [-0.4, -0.2) is 21.1 Å². The molecule has 0 unspecified atom stereocenters. The summed E-state index contributed by atoms with van der Waals surface area (Å²) >= 11 is 0. The molecule has 0 radical (unpaired) electrons. The SMILES string of the molecule is NCCCn1cc(-c2nc3c(-c4ccccc4)cccc3[nH]c2=O)c2ccc(OCc3ccccc3)cc21. The third kappa shape index (κ3) is 4.58. The van der Waals surface area contributed by atoms with Gasteiger partial charge in [0.15, 0.2) is 0 Å². The van der Waals surface area contributed by atoms with Crippen molar-refractivity contribution in [3.63, 3.8) is 0 Å². The Hall–Kier alpha value is -4.68. The molecule has 4 aromatic carbocycles. The van der Waals surface area contributed by atoms with E-state index in [1.807, 2.05) is 91.1 Å². The van der Waals surface area contributed by atoms with Crippen LogP contribution >= 0.6 is 0 Å². The molecule has 0 aliphatic carbocycles. The minimum absolute atomic E-state index is 0.218. The maximum atomic E-state index is 13.3. The fourth-order valence-electron chi connectivity index (χ4n) is 4.88. The number of hydrogen-bond acceptors (Lipinski definition) is 4. The Balaban J connectivity index is 1.46. The van der Waals surface area contributed by atoms with E-state index >= 15 is 0 Å². The zero-order chi connectivity index (χ0) is 25.9. The highest BCUT2D eigenvalue weighted by molar-refractivity contribution is 5.98. The highest BCUT2D eigenvalue weighted by Crippen LogP contribution is 2.33. The second kappa shape index (κ2) is 10.4. The van der Waals surface area contributed by atoms with Gasteiger partial charge in [-0.25, -0.2) is 4.98 Å². The van der Waals surface area contributed by atoms with Crippen LogP contribution in [0.1, 0.15) is 12.0 Å². The van der Waals surface area contributed by atoms with Crippen molar-refractivity contribution in [3.8, 4) is 28.1 Å². The average molecular weight is 501 g/mol. The maximum absolute atomic E-state index is 13.3. The predicted octanol–water partition coefficient (Wildman–Crippen LogP) is 6.14. The number of nitrogens with one attached hydrogen (secondary N) is 1. The maximum Gasteiger partial charge on any atom is 0.275 e.